The SMILES string of the molecule is COC1[C@H]([C@H](OCc2ccc(Cl)cc2)C(C)=O)OC2COC(c3ccccc3)O[C@@H]2[C@@H]1n1cc(-c2cc(F)c(F)c(F)c2)nn1. The lowest BCUT2D eigenvalue weighted by Gasteiger charge is -2.50. The largest absolute Gasteiger partial charge is 0.376 e. The molecule has 0 saturated carbocycles. The number of fused-ring (bicyclic) bond motifs is 1. The standard InChI is InChI=1S/C32H29ClF3N3O6/c1-17(40)28(42-15-18-8-10-21(33)11-9-18)31-30(41-2)27(29-25(44-31)16-43-32(45-29)19-6-4-3-5-7-19)39-14-24(37-38-39)20-12-22(34)26(36)23(35)13-20/h3-14,25,27-32H,15-16H2,1-2H3/t25?,27-,28+,29-,30?,31-,32?/m0/s1. The summed E-state index contributed by atoms with van der Waals surface area (Å²) in [6.07, 6.45) is -3.61. The highest BCUT2D eigenvalue weighted by molar-refractivity contribution is 6.30. The monoisotopic (exact) mass is 643 g/mol. The van der Waals surface area contributed by atoms with E-state index in [2.05, 4.69) is 10.3 Å². The zero-order chi connectivity index (χ0) is 31.7. The van der Waals surface area contributed by atoms with Crippen molar-refractivity contribution in [1.29, 1.82) is 0 Å². The van der Waals surface area contributed by atoms with E-state index in [1.165, 1.54) is 24.9 Å². The molecule has 3 aromatic carbocycles. The third kappa shape index (κ3) is 6.53. The van der Waals surface area contributed by atoms with E-state index in [0.29, 0.717) is 5.02 Å². The minimum absolute atomic E-state index is 0.0188. The average molecular weight is 644 g/mol. The summed E-state index contributed by atoms with van der Waals surface area (Å²) in [7, 11) is 1.46. The highest BCUT2D eigenvalue weighted by Gasteiger charge is 2.54. The van der Waals surface area contributed by atoms with Crippen molar-refractivity contribution in [2.75, 3.05) is 13.7 Å². The number of methoxy groups -OCH3 is 1. The van der Waals surface area contributed by atoms with Gasteiger partial charge in [-0.2, -0.15) is 0 Å². The van der Waals surface area contributed by atoms with Crippen molar-refractivity contribution in [1.82, 2.24) is 15.0 Å². The number of nitrogens with zero attached hydrogens (tertiary/aromatic N) is 3. The van der Waals surface area contributed by atoms with Gasteiger partial charge >= 0.3 is 0 Å². The van der Waals surface area contributed by atoms with Gasteiger partial charge < -0.3 is 23.7 Å². The van der Waals surface area contributed by atoms with Crippen LogP contribution in [0, 0.1) is 17.5 Å². The van der Waals surface area contributed by atoms with Crippen LogP contribution in [0.3, 0.4) is 0 Å². The second kappa shape index (κ2) is 13.4. The zero-order valence-electron chi connectivity index (χ0n) is 24.2. The summed E-state index contributed by atoms with van der Waals surface area (Å²) in [4.78, 5) is 13.0. The maximum absolute atomic E-state index is 14.1. The van der Waals surface area contributed by atoms with Gasteiger partial charge in [-0.3, -0.25) is 4.79 Å². The fourth-order valence-electron chi connectivity index (χ4n) is 5.70. The van der Waals surface area contributed by atoms with Crippen LogP contribution in [0.15, 0.2) is 72.9 Å². The molecule has 0 radical (unpaired) electrons. The van der Waals surface area contributed by atoms with Crippen LogP contribution in [-0.4, -0.2) is 65.0 Å². The summed E-state index contributed by atoms with van der Waals surface area (Å²) in [5.41, 5.74) is 1.63. The third-order valence-electron chi connectivity index (χ3n) is 7.87. The number of ether oxygens (including phenoxy) is 5. The lowest BCUT2D eigenvalue weighted by Crippen LogP contribution is -2.63. The van der Waals surface area contributed by atoms with Crippen molar-refractivity contribution in [3.05, 3.63) is 107 Å². The lowest BCUT2D eigenvalue weighted by molar-refractivity contribution is -0.326. The van der Waals surface area contributed by atoms with Crippen molar-refractivity contribution in [2.24, 2.45) is 0 Å². The summed E-state index contributed by atoms with van der Waals surface area (Å²) in [6.45, 7) is 1.59. The molecule has 0 amide bonds. The number of halogens is 4. The van der Waals surface area contributed by atoms with Crippen molar-refractivity contribution >= 4 is 17.4 Å². The van der Waals surface area contributed by atoms with Crippen molar-refractivity contribution in [3.63, 3.8) is 0 Å². The van der Waals surface area contributed by atoms with Gasteiger partial charge in [0, 0.05) is 23.3 Å². The van der Waals surface area contributed by atoms with Gasteiger partial charge in [0.05, 0.1) is 19.4 Å². The van der Waals surface area contributed by atoms with Gasteiger partial charge in [-0.05, 0) is 36.8 Å². The molecule has 0 aliphatic carbocycles. The molecule has 3 heterocycles. The van der Waals surface area contributed by atoms with Gasteiger partial charge in [0.15, 0.2) is 29.5 Å². The molecule has 3 unspecified atom stereocenters. The number of hydrogen-bond acceptors (Lipinski definition) is 8. The molecule has 1 aromatic heterocycles. The van der Waals surface area contributed by atoms with E-state index in [9.17, 15) is 18.0 Å². The van der Waals surface area contributed by atoms with Crippen molar-refractivity contribution in [3.8, 4) is 11.3 Å². The third-order valence-corrected chi connectivity index (χ3v) is 8.12. The Morgan fingerprint density at radius 3 is 2.44 bits per heavy atom. The first-order valence-electron chi connectivity index (χ1n) is 14.2. The number of ketones is 1. The predicted octanol–water partition coefficient (Wildman–Crippen LogP) is 5.63. The van der Waals surface area contributed by atoms with Gasteiger partial charge in [-0.15, -0.1) is 5.10 Å². The van der Waals surface area contributed by atoms with E-state index in [-0.39, 0.29) is 30.3 Å². The average Bonchev–Trinajstić information content (AvgIpc) is 3.53. The van der Waals surface area contributed by atoms with Crippen molar-refractivity contribution in [2.45, 2.75) is 56.4 Å². The highest BCUT2D eigenvalue weighted by Crippen LogP contribution is 2.42. The quantitative estimate of drug-likeness (QED) is 0.217. The van der Waals surface area contributed by atoms with Crippen LogP contribution < -0.4 is 0 Å². The topological polar surface area (TPSA) is 93.9 Å². The van der Waals surface area contributed by atoms with Crippen LogP contribution >= 0.6 is 11.6 Å². The Balaban J connectivity index is 1.36. The normalized spacial score (nSPS) is 25.5. The van der Waals surface area contributed by atoms with Crippen LogP contribution in [0.1, 0.15) is 30.4 Å². The van der Waals surface area contributed by atoms with Gasteiger partial charge in [0.25, 0.3) is 0 Å². The molecule has 4 aromatic rings. The molecular formula is C32H29ClF3N3O6. The summed E-state index contributed by atoms with van der Waals surface area (Å²) in [6, 6.07) is 17.2. The molecule has 2 aliphatic heterocycles. The number of Topliss-reactive ketones (excluding diaryl/α,β-unsaturated/α-hetero) is 1. The van der Waals surface area contributed by atoms with Crippen LogP contribution in [0.2, 0.25) is 5.02 Å². The molecule has 2 aliphatic rings. The molecule has 2 saturated heterocycles. The van der Waals surface area contributed by atoms with E-state index in [4.69, 9.17) is 35.3 Å². The number of rotatable bonds is 9. The van der Waals surface area contributed by atoms with Crippen LogP contribution in [0.5, 0.6) is 0 Å². The van der Waals surface area contributed by atoms with Crippen LogP contribution in [-0.2, 0) is 35.1 Å². The number of aromatic nitrogens is 3. The fraction of sp³-hybridized carbons (Fsp3) is 0.344. The molecule has 45 heavy (non-hydrogen) atoms. The minimum Gasteiger partial charge on any atom is -0.376 e. The molecule has 0 N–H and O–H groups in total. The van der Waals surface area contributed by atoms with Gasteiger partial charge in [-0.25, -0.2) is 17.9 Å². The van der Waals surface area contributed by atoms with Crippen molar-refractivity contribution < 1.29 is 41.7 Å². The van der Waals surface area contributed by atoms with E-state index in [1.54, 1.807) is 24.3 Å². The zero-order valence-corrected chi connectivity index (χ0v) is 24.9. The summed E-state index contributed by atoms with van der Waals surface area (Å²) in [5, 5.41) is 8.93. The van der Waals surface area contributed by atoms with Gasteiger partial charge in [0.2, 0.25) is 0 Å². The Morgan fingerprint density at radius 1 is 1.07 bits per heavy atom. The Labute approximate surface area is 261 Å². The molecule has 236 valence electrons. The van der Waals surface area contributed by atoms with Crippen LogP contribution in [0.25, 0.3) is 11.3 Å². The van der Waals surface area contributed by atoms with E-state index < -0.39 is 60.3 Å². The fourth-order valence-corrected chi connectivity index (χ4v) is 5.82. The number of carbonyl (C=O) groups is 1. The number of carbonyl (C=O) groups excluding carboxylic acids is 1. The second-order valence-electron chi connectivity index (χ2n) is 10.8. The molecule has 13 heteroatoms. The van der Waals surface area contributed by atoms with E-state index in [0.717, 1.165) is 23.3 Å². The summed E-state index contributed by atoms with van der Waals surface area (Å²) < 4.78 is 74.3. The number of benzene rings is 3. The minimum atomic E-state index is -1.59. The molecule has 0 spiro atoms. The molecule has 2 fully saturated rings. The first kappa shape index (κ1) is 31.3. The van der Waals surface area contributed by atoms with E-state index in [1.807, 2.05) is 30.3 Å². The second-order valence-corrected chi connectivity index (χ2v) is 11.2. The Hall–Kier alpha value is -3.65. The Kier molecular flexibility index (Phi) is 9.31. The maximum Gasteiger partial charge on any atom is 0.194 e. The maximum atomic E-state index is 14.1. The molecule has 0 bridgehead atoms. The number of hydrogen-bond donors (Lipinski definition) is 0. The first-order chi connectivity index (χ1) is 21.7. The smallest absolute Gasteiger partial charge is 0.194 e. The molecule has 9 nitrogen and oxygen atoms in total. The van der Waals surface area contributed by atoms with E-state index >= 15 is 0 Å². The molecular weight excluding hydrogens is 615 g/mol. The first-order valence-corrected chi connectivity index (χ1v) is 14.5. The summed E-state index contributed by atoms with van der Waals surface area (Å²) in [5.74, 6) is -4.61. The predicted molar refractivity (Wildman–Crippen MR) is 155 cm³/mol. The summed E-state index contributed by atoms with van der Waals surface area (Å²) >= 11 is 6.01. The van der Waals surface area contributed by atoms with Gasteiger partial charge in [-0.1, -0.05) is 59.3 Å². The molecule has 7 atom stereocenters. The lowest BCUT2D eigenvalue weighted by atomic mass is 9.88. The highest BCUT2D eigenvalue weighted by atomic mass is 35.5. The molecule has 6 rings (SSSR count). The Bertz CT molecular complexity index is 1620. The van der Waals surface area contributed by atoms with Gasteiger partial charge in [0.1, 0.15) is 42.3 Å². The van der Waals surface area contributed by atoms with Crippen LogP contribution in [0.4, 0.5) is 13.2 Å². The Morgan fingerprint density at radius 2 is 1.78 bits per heavy atom.